The van der Waals surface area contributed by atoms with Crippen LogP contribution in [0, 0.1) is 3.57 Å². The summed E-state index contributed by atoms with van der Waals surface area (Å²) in [6, 6.07) is 9.43. The van der Waals surface area contributed by atoms with Crippen molar-refractivity contribution < 1.29 is 13.6 Å². The van der Waals surface area contributed by atoms with E-state index in [4.69, 9.17) is 0 Å². The molecular weight excluding hydrogens is 453 g/mol. The number of aromatic nitrogens is 1. The van der Waals surface area contributed by atoms with Crippen molar-refractivity contribution in [2.24, 2.45) is 0 Å². The van der Waals surface area contributed by atoms with Crippen molar-refractivity contribution in [3.63, 3.8) is 0 Å². The molecule has 26 heavy (non-hydrogen) atoms. The molecule has 0 spiro atoms. The number of urea groups is 1. The molecule has 8 heteroatoms. The Hall–Kier alpha value is -1.97. The molecule has 0 unspecified atom stereocenters. The van der Waals surface area contributed by atoms with Crippen LogP contribution in [-0.4, -0.2) is 34.9 Å². The van der Waals surface area contributed by atoms with E-state index in [0.717, 1.165) is 14.7 Å². The molecular formula is C18H17F2IN4O. The number of hydrogen-bond acceptors (Lipinski definition) is 3. The summed E-state index contributed by atoms with van der Waals surface area (Å²) in [5.74, 6) is -2.32. The van der Waals surface area contributed by atoms with Crippen molar-refractivity contribution in [2.75, 3.05) is 23.3 Å². The lowest BCUT2D eigenvalue weighted by atomic mass is 10.1. The van der Waals surface area contributed by atoms with Gasteiger partial charge in [0.05, 0.1) is 12.2 Å². The van der Waals surface area contributed by atoms with Crippen molar-refractivity contribution >= 4 is 40.1 Å². The number of benzene rings is 1. The Balaban J connectivity index is 1.54. The van der Waals surface area contributed by atoms with Gasteiger partial charge in [0.2, 0.25) is 0 Å². The highest BCUT2D eigenvalue weighted by atomic mass is 127. The minimum Gasteiger partial charge on any atom is -0.349 e. The molecule has 1 aromatic carbocycles. The van der Waals surface area contributed by atoms with Gasteiger partial charge in [-0.05, 0) is 39.8 Å². The number of pyridine rings is 1. The fourth-order valence-electron chi connectivity index (χ4n) is 3.36. The van der Waals surface area contributed by atoms with Crippen LogP contribution < -0.4 is 10.2 Å². The zero-order valence-electron chi connectivity index (χ0n) is 13.9. The average Bonchev–Trinajstić information content (AvgIpc) is 3.19. The number of carbonyl (C=O) groups is 1. The molecule has 2 amide bonds. The number of anilines is 2. The van der Waals surface area contributed by atoms with Gasteiger partial charge in [-0.15, -0.1) is 0 Å². The van der Waals surface area contributed by atoms with Gasteiger partial charge in [0.1, 0.15) is 0 Å². The third-order valence-corrected chi connectivity index (χ3v) is 5.61. The van der Waals surface area contributed by atoms with E-state index in [0.29, 0.717) is 24.6 Å². The van der Waals surface area contributed by atoms with Crippen molar-refractivity contribution in [1.29, 1.82) is 0 Å². The second-order valence-electron chi connectivity index (χ2n) is 6.57. The fraction of sp³-hybridized carbons (Fsp3) is 0.333. The maximum absolute atomic E-state index is 13.6. The van der Waals surface area contributed by atoms with Crippen LogP contribution in [0.2, 0.25) is 0 Å². The number of alkyl halides is 2. The molecule has 1 aromatic heterocycles. The first-order chi connectivity index (χ1) is 12.4. The molecule has 3 heterocycles. The maximum atomic E-state index is 13.6. The first kappa shape index (κ1) is 17.4. The van der Waals surface area contributed by atoms with Gasteiger partial charge in [0, 0.05) is 35.8 Å². The van der Waals surface area contributed by atoms with Gasteiger partial charge in [0.15, 0.2) is 5.82 Å². The summed E-state index contributed by atoms with van der Waals surface area (Å²) in [5, 5.41) is 2.89. The van der Waals surface area contributed by atoms with Crippen LogP contribution in [-0.2, 0) is 13.1 Å². The van der Waals surface area contributed by atoms with E-state index in [-0.39, 0.29) is 25.5 Å². The maximum Gasteiger partial charge on any atom is 0.322 e. The van der Waals surface area contributed by atoms with Crippen LogP contribution in [0.4, 0.5) is 25.1 Å². The molecule has 1 fully saturated rings. The van der Waals surface area contributed by atoms with Gasteiger partial charge in [0.25, 0.3) is 5.92 Å². The van der Waals surface area contributed by atoms with Crippen molar-refractivity contribution in [1.82, 2.24) is 9.88 Å². The van der Waals surface area contributed by atoms with E-state index < -0.39 is 5.92 Å². The predicted molar refractivity (Wildman–Crippen MR) is 103 cm³/mol. The summed E-state index contributed by atoms with van der Waals surface area (Å²) in [7, 11) is 0. The topological polar surface area (TPSA) is 48.5 Å². The Morgan fingerprint density at radius 3 is 2.50 bits per heavy atom. The number of fused-ring (bicyclic) bond motifs is 1. The standard InChI is InChI=1S/C18H17F2IN4O/c19-18(20)6-8-24(11-18)16-15(14(21)5-7-22-16)23-17(26)25-9-12-3-1-2-4-13(12)10-25/h1-5,7H,6,8-11H2,(H,23,26). The smallest absolute Gasteiger partial charge is 0.322 e. The lowest BCUT2D eigenvalue weighted by Crippen LogP contribution is -2.32. The van der Waals surface area contributed by atoms with Gasteiger partial charge < -0.3 is 15.1 Å². The Morgan fingerprint density at radius 1 is 1.19 bits per heavy atom. The molecule has 4 rings (SSSR count). The summed E-state index contributed by atoms with van der Waals surface area (Å²) in [5.41, 5.74) is 2.75. The second-order valence-corrected chi connectivity index (χ2v) is 7.74. The Bertz CT molecular complexity index is 836. The number of amides is 2. The van der Waals surface area contributed by atoms with Crippen LogP contribution in [0.25, 0.3) is 0 Å². The molecule has 0 atom stereocenters. The quantitative estimate of drug-likeness (QED) is 0.674. The lowest BCUT2D eigenvalue weighted by Gasteiger charge is -2.23. The van der Waals surface area contributed by atoms with Gasteiger partial charge in [-0.1, -0.05) is 24.3 Å². The second kappa shape index (κ2) is 6.64. The van der Waals surface area contributed by atoms with E-state index in [1.807, 2.05) is 24.3 Å². The number of halogens is 3. The van der Waals surface area contributed by atoms with E-state index in [2.05, 4.69) is 32.9 Å². The van der Waals surface area contributed by atoms with E-state index in [1.54, 1.807) is 17.2 Å². The van der Waals surface area contributed by atoms with Crippen LogP contribution >= 0.6 is 22.6 Å². The molecule has 2 aromatic rings. The van der Waals surface area contributed by atoms with Crippen molar-refractivity contribution in [2.45, 2.75) is 25.4 Å². The van der Waals surface area contributed by atoms with E-state index in [9.17, 15) is 13.6 Å². The fourth-order valence-corrected chi connectivity index (χ4v) is 3.90. The first-order valence-corrected chi connectivity index (χ1v) is 9.41. The van der Waals surface area contributed by atoms with Crippen molar-refractivity contribution in [3.8, 4) is 0 Å². The number of rotatable bonds is 2. The summed E-state index contributed by atoms with van der Waals surface area (Å²) in [4.78, 5) is 20.3. The summed E-state index contributed by atoms with van der Waals surface area (Å²) in [6.45, 7) is 0.919. The highest BCUT2D eigenvalue weighted by Crippen LogP contribution is 2.36. The zero-order chi connectivity index (χ0) is 18.3. The molecule has 0 saturated carbocycles. The molecule has 1 saturated heterocycles. The monoisotopic (exact) mass is 470 g/mol. The van der Waals surface area contributed by atoms with E-state index >= 15 is 0 Å². The molecule has 5 nitrogen and oxygen atoms in total. The average molecular weight is 470 g/mol. The SMILES string of the molecule is O=C(Nc1c(I)ccnc1N1CCC(F)(F)C1)N1Cc2ccccc2C1. The highest BCUT2D eigenvalue weighted by molar-refractivity contribution is 14.1. The number of nitrogens with one attached hydrogen (secondary N) is 1. The largest absolute Gasteiger partial charge is 0.349 e. The van der Waals surface area contributed by atoms with Gasteiger partial charge in [-0.2, -0.15) is 0 Å². The predicted octanol–water partition coefficient (Wildman–Crippen LogP) is 4.08. The summed E-state index contributed by atoms with van der Waals surface area (Å²) < 4.78 is 28.0. The Kier molecular flexibility index (Phi) is 4.45. The van der Waals surface area contributed by atoms with Gasteiger partial charge >= 0.3 is 6.03 Å². The normalized spacial score (nSPS) is 18.1. The number of nitrogens with zero attached hydrogens (tertiary/aromatic N) is 3. The molecule has 136 valence electrons. The number of carbonyl (C=O) groups excluding carboxylic acids is 1. The van der Waals surface area contributed by atoms with Gasteiger partial charge in [-0.3, -0.25) is 0 Å². The minimum absolute atomic E-state index is 0.199. The van der Waals surface area contributed by atoms with Crippen LogP contribution in [0.3, 0.4) is 0 Å². The minimum atomic E-state index is -2.72. The molecule has 2 aliphatic rings. The third-order valence-electron chi connectivity index (χ3n) is 4.71. The van der Waals surface area contributed by atoms with Crippen LogP contribution in [0.5, 0.6) is 0 Å². The Labute approximate surface area is 163 Å². The van der Waals surface area contributed by atoms with E-state index in [1.165, 1.54) is 4.90 Å². The number of hydrogen-bond donors (Lipinski definition) is 1. The molecule has 0 bridgehead atoms. The zero-order valence-corrected chi connectivity index (χ0v) is 16.0. The first-order valence-electron chi connectivity index (χ1n) is 8.33. The van der Waals surface area contributed by atoms with Crippen molar-refractivity contribution in [3.05, 3.63) is 51.2 Å². The van der Waals surface area contributed by atoms with Crippen LogP contribution in [0.1, 0.15) is 17.5 Å². The molecule has 1 N–H and O–H groups in total. The Morgan fingerprint density at radius 2 is 1.88 bits per heavy atom. The van der Waals surface area contributed by atoms with Gasteiger partial charge in [-0.25, -0.2) is 18.6 Å². The lowest BCUT2D eigenvalue weighted by molar-refractivity contribution is 0.0257. The molecule has 2 aliphatic heterocycles. The summed E-state index contributed by atoms with van der Waals surface area (Å²) >= 11 is 2.09. The summed E-state index contributed by atoms with van der Waals surface area (Å²) in [6.07, 6.45) is 1.38. The molecule has 0 aliphatic carbocycles. The highest BCUT2D eigenvalue weighted by Gasteiger charge is 2.40. The third kappa shape index (κ3) is 3.34. The molecule has 0 radical (unpaired) electrons. The van der Waals surface area contributed by atoms with Crippen LogP contribution in [0.15, 0.2) is 36.5 Å².